The highest BCUT2D eigenvalue weighted by Crippen LogP contribution is 2.32. The van der Waals surface area contributed by atoms with E-state index in [-0.39, 0.29) is 36.9 Å². The van der Waals surface area contributed by atoms with E-state index in [0.717, 1.165) is 93.7 Å². The lowest BCUT2D eigenvalue weighted by Gasteiger charge is -2.17. The van der Waals surface area contributed by atoms with Crippen molar-refractivity contribution in [2.24, 2.45) is 48.4 Å². The molecule has 0 heterocycles. The number of phenols is 3. The van der Waals surface area contributed by atoms with Crippen LogP contribution in [0, 0.1) is 17.8 Å². The summed E-state index contributed by atoms with van der Waals surface area (Å²) in [7, 11) is 0.316. The predicted octanol–water partition coefficient (Wildman–Crippen LogP) is 12.3. The molecule has 0 saturated heterocycles. The fraction of sp³-hybridized carbons (Fsp3) is 0.609. The standard InChI is InChI=1S/C46H72N6O3Si/c1-7-13-19-34(10-4)28-37-22-16-25-40(43(37)53)31-47-50-46(56,51-48-32-41-26-17-23-38(44(41)54)29-35(11-5)20-14-8-2)52-49-33-42-27-18-24-39(45(42)55)30-36(12-6)21-15-9-3/h16-18,22-27,34-36,53-55H,7-15,19-21,28-33H2,1-6,56H3/b50-47+,51-48+,52-49+. The van der Waals surface area contributed by atoms with E-state index < -0.39 is 5.41 Å². The SMILES string of the molecule is CCCCC(CC)Cc1cccc(C/N=N/C([SiH3])(/N=N/Cc2cccc(CC(CC)CCCC)c2O)/N=N/Cc2cccc(CC(CC)CCCC)c2O)c1O. The normalized spacial score (nSPS) is 14.9. The van der Waals surface area contributed by atoms with Crippen molar-refractivity contribution < 1.29 is 15.3 Å². The summed E-state index contributed by atoms with van der Waals surface area (Å²) in [6, 6.07) is 17.6. The zero-order valence-electron chi connectivity index (χ0n) is 35.7. The maximum Gasteiger partial charge on any atom is 0.267 e. The van der Waals surface area contributed by atoms with Crippen LogP contribution in [0.3, 0.4) is 0 Å². The molecule has 56 heavy (non-hydrogen) atoms. The Labute approximate surface area is 341 Å². The second kappa shape index (κ2) is 25.4. The molecular formula is C46H72N6O3Si. The van der Waals surface area contributed by atoms with E-state index in [1.165, 1.54) is 19.3 Å². The zero-order valence-corrected chi connectivity index (χ0v) is 37.7. The van der Waals surface area contributed by atoms with E-state index in [2.05, 4.69) is 72.2 Å². The van der Waals surface area contributed by atoms with E-state index >= 15 is 0 Å². The van der Waals surface area contributed by atoms with Gasteiger partial charge in [-0.15, -0.1) is 15.3 Å². The van der Waals surface area contributed by atoms with Gasteiger partial charge in [0, 0.05) is 16.7 Å². The van der Waals surface area contributed by atoms with Crippen LogP contribution in [0.5, 0.6) is 17.2 Å². The van der Waals surface area contributed by atoms with Crippen LogP contribution in [-0.2, 0) is 38.9 Å². The summed E-state index contributed by atoms with van der Waals surface area (Å²) in [5, 5.41) is 60.9. The number of phenolic OH excluding ortho intramolecular Hbond substituents is 3. The molecule has 0 aliphatic rings. The highest BCUT2D eigenvalue weighted by Gasteiger charge is 2.23. The number of hydrogen-bond donors (Lipinski definition) is 3. The summed E-state index contributed by atoms with van der Waals surface area (Å²) in [4.78, 5) is 0. The van der Waals surface area contributed by atoms with Gasteiger partial charge in [0.25, 0.3) is 5.41 Å². The van der Waals surface area contributed by atoms with Gasteiger partial charge in [-0.2, -0.15) is 15.3 Å². The lowest BCUT2D eigenvalue weighted by Crippen LogP contribution is -2.19. The van der Waals surface area contributed by atoms with Gasteiger partial charge in [-0.3, -0.25) is 0 Å². The number of nitrogens with zero attached hydrogens (tertiary/aromatic N) is 6. The Balaban J connectivity index is 1.87. The van der Waals surface area contributed by atoms with Gasteiger partial charge in [-0.25, -0.2) is 0 Å². The first-order chi connectivity index (χ1) is 27.1. The maximum absolute atomic E-state index is 11.2. The van der Waals surface area contributed by atoms with Crippen LogP contribution in [-0.4, -0.2) is 31.0 Å². The molecule has 0 radical (unpaired) electrons. The summed E-state index contributed by atoms with van der Waals surface area (Å²) in [5.74, 6) is 2.39. The Morgan fingerprint density at radius 3 is 0.982 bits per heavy atom. The lowest BCUT2D eigenvalue weighted by atomic mass is 9.91. The van der Waals surface area contributed by atoms with Crippen LogP contribution in [0.4, 0.5) is 0 Å². The van der Waals surface area contributed by atoms with Crippen molar-refractivity contribution in [1.82, 2.24) is 0 Å². The van der Waals surface area contributed by atoms with Crippen molar-refractivity contribution in [3.05, 3.63) is 88.0 Å². The molecule has 9 nitrogen and oxygen atoms in total. The van der Waals surface area contributed by atoms with E-state index in [1.807, 2.05) is 54.6 Å². The molecule has 3 aromatic carbocycles. The van der Waals surface area contributed by atoms with Crippen LogP contribution in [0.15, 0.2) is 85.3 Å². The number of unbranched alkanes of at least 4 members (excludes halogenated alkanes) is 3. The molecule has 3 N–H and O–H groups in total. The Hall–Kier alpha value is -3.92. The maximum atomic E-state index is 11.2. The minimum Gasteiger partial charge on any atom is -0.507 e. The smallest absolute Gasteiger partial charge is 0.267 e. The monoisotopic (exact) mass is 785 g/mol. The van der Waals surface area contributed by atoms with Crippen molar-refractivity contribution >= 4 is 10.2 Å². The fourth-order valence-electron chi connectivity index (χ4n) is 7.37. The molecule has 0 amide bonds. The third-order valence-electron chi connectivity index (χ3n) is 11.3. The highest BCUT2D eigenvalue weighted by atomic mass is 28.1. The first-order valence-electron chi connectivity index (χ1n) is 21.7. The van der Waals surface area contributed by atoms with E-state index in [0.29, 0.717) is 44.7 Å². The van der Waals surface area contributed by atoms with Crippen LogP contribution in [0.1, 0.15) is 152 Å². The number of para-hydroxylation sites is 3. The number of hydrogen-bond acceptors (Lipinski definition) is 9. The Morgan fingerprint density at radius 1 is 0.464 bits per heavy atom. The van der Waals surface area contributed by atoms with Gasteiger partial charge in [0.15, 0.2) is 0 Å². The number of azo groups is 3. The van der Waals surface area contributed by atoms with Gasteiger partial charge in [0.05, 0.1) is 19.6 Å². The van der Waals surface area contributed by atoms with Gasteiger partial charge < -0.3 is 15.3 Å². The summed E-state index contributed by atoms with van der Waals surface area (Å²) in [6.07, 6.45) is 16.2. The molecule has 0 fully saturated rings. The van der Waals surface area contributed by atoms with Crippen LogP contribution in [0.25, 0.3) is 0 Å². The summed E-state index contributed by atoms with van der Waals surface area (Å²) >= 11 is 0. The van der Waals surface area contributed by atoms with Gasteiger partial charge >= 0.3 is 0 Å². The lowest BCUT2D eigenvalue weighted by molar-refractivity contribution is 0.422. The molecule has 3 aromatic rings. The molecule has 0 aromatic heterocycles. The second-order valence-electron chi connectivity index (χ2n) is 15.8. The van der Waals surface area contributed by atoms with Crippen molar-refractivity contribution in [2.75, 3.05) is 0 Å². The third kappa shape index (κ3) is 15.2. The molecule has 308 valence electrons. The molecule has 3 atom stereocenters. The van der Waals surface area contributed by atoms with Gasteiger partial charge in [0.2, 0.25) is 0 Å². The molecule has 10 heteroatoms. The van der Waals surface area contributed by atoms with Gasteiger partial charge in [-0.1, -0.05) is 173 Å². The van der Waals surface area contributed by atoms with Gasteiger partial charge in [-0.05, 0) is 53.7 Å². The third-order valence-corrected chi connectivity index (χ3v) is 11.9. The van der Waals surface area contributed by atoms with Crippen molar-refractivity contribution in [2.45, 2.75) is 163 Å². The number of aromatic hydroxyl groups is 3. The minimum absolute atomic E-state index is 0.166. The first-order valence-corrected chi connectivity index (χ1v) is 22.7. The predicted molar refractivity (Wildman–Crippen MR) is 234 cm³/mol. The van der Waals surface area contributed by atoms with Crippen molar-refractivity contribution in [3.8, 4) is 17.2 Å². The summed E-state index contributed by atoms with van der Waals surface area (Å²) < 4.78 is 0. The summed E-state index contributed by atoms with van der Waals surface area (Å²) in [6.45, 7) is 13.8. The molecule has 0 aliphatic heterocycles. The molecule has 3 unspecified atom stereocenters. The van der Waals surface area contributed by atoms with Crippen molar-refractivity contribution in [3.63, 3.8) is 0 Å². The largest absolute Gasteiger partial charge is 0.507 e. The average molecular weight is 785 g/mol. The highest BCUT2D eigenvalue weighted by molar-refractivity contribution is 6.14. The Bertz CT molecular complexity index is 1490. The molecule has 0 aliphatic carbocycles. The van der Waals surface area contributed by atoms with Crippen LogP contribution in [0.2, 0.25) is 0 Å². The zero-order chi connectivity index (χ0) is 40.8. The molecule has 3 rings (SSSR count). The number of rotatable bonds is 27. The van der Waals surface area contributed by atoms with Gasteiger partial charge in [0.1, 0.15) is 27.5 Å². The Morgan fingerprint density at radius 2 is 0.732 bits per heavy atom. The fourth-order valence-corrected chi connectivity index (χ4v) is 7.79. The van der Waals surface area contributed by atoms with Crippen LogP contribution < -0.4 is 0 Å². The topological polar surface area (TPSA) is 135 Å². The quantitative estimate of drug-likeness (QED) is 0.0524. The molecule has 0 saturated carbocycles. The van der Waals surface area contributed by atoms with Crippen molar-refractivity contribution in [1.29, 1.82) is 0 Å². The Kier molecular flexibility index (Phi) is 21.0. The second-order valence-corrected chi connectivity index (χ2v) is 17.1. The average Bonchev–Trinajstić information content (AvgIpc) is 3.20. The van der Waals surface area contributed by atoms with E-state index in [4.69, 9.17) is 0 Å². The van der Waals surface area contributed by atoms with Crippen LogP contribution >= 0.6 is 0 Å². The van der Waals surface area contributed by atoms with E-state index in [1.54, 1.807) is 0 Å². The molecular weight excluding hydrogens is 713 g/mol. The molecule has 0 bridgehead atoms. The summed E-state index contributed by atoms with van der Waals surface area (Å²) in [5.41, 5.74) is 3.56. The van der Waals surface area contributed by atoms with E-state index in [9.17, 15) is 15.3 Å². The minimum atomic E-state index is -1.36. The molecule has 0 spiro atoms. The number of benzene rings is 3. The first kappa shape index (κ1) is 46.5.